The van der Waals surface area contributed by atoms with Gasteiger partial charge in [-0.15, -0.1) is 0 Å². The van der Waals surface area contributed by atoms with Crippen molar-refractivity contribution in [2.75, 3.05) is 0 Å². The molecule has 0 saturated heterocycles. The van der Waals surface area contributed by atoms with E-state index in [9.17, 15) is 0 Å². The van der Waals surface area contributed by atoms with Gasteiger partial charge in [0.25, 0.3) is 0 Å². The Labute approximate surface area is 339 Å². The van der Waals surface area contributed by atoms with E-state index in [1.54, 1.807) is 0 Å². The average molecular weight is 755 g/mol. The molecule has 0 aliphatic rings. The summed E-state index contributed by atoms with van der Waals surface area (Å²) >= 11 is 0. The van der Waals surface area contributed by atoms with Crippen molar-refractivity contribution in [3.63, 3.8) is 0 Å². The van der Waals surface area contributed by atoms with Gasteiger partial charge in [0.2, 0.25) is 5.95 Å². The van der Waals surface area contributed by atoms with E-state index in [0.717, 1.165) is 66.4 Å². The van der Waals surface area contributed by atoms with Crippen LogP contribution < -0.4 is 0 Å². The Kier molecular flexibility index (Phi) is 7.43. The van der Waals surface area contributed by atoms with Crippen molar-refractivity contribution in [2.24, 2.45) is 0 Å². The molecular formula is C53H34N6. The van der Waals surface area contributed by atoms with Gasteiger partial charge in [0.15, 0.2) is 11.6 Å². The first-order valence-electron chi connectivity index (χ1n) is 19.9. The standard InChI is InChI=1S/C53H34N6/c1-4-17-37(18-5-1)51-54-52(38-19-6-2-7-20-38)56-53(55-51)59-46-27-15-13-25-44(46)48-50(59)49-47(43-24-12-14-26-45(43)57(49)41-22-8-3-9-23-41)58(48)42-32-30-36(31-33-42)40-29-28-35-16-10-11-21-39(35)34-40/h1-34H. The molecular weight excluding hydrogens is 721 g/mol. The second kappa shape index (κ2) is 13.3. The molecule has 0 saturated carbocycles. The van der Waals surface area contributed by atoms with E-state index in [1.807, 2.05) is 36.4 Å². The van der Waals surface area contributed by atoms with Crippen molar-refractivity contribution < 1.29 is 0 Å². The Balaban J connectivity index is 1.21. The lowest BCUT2D eigenvalue weighted by molar-refractivity contribution is 0.953. The minimum absolute atomic E-state index is 0.555. The largest absolute Gasteiger partial charge is 0.306 e. The molecule has 12 aromatic rings. The van der Waals surface area contributed by atoms with Crippen LogP contribution in [0.4, 0.5) is 0 Å². The van der Waals surface area contributed by atoms with Gasteiger partial charge in [0.05, 0.1) is 27.6 Å². The Morgan fingerprint density at radius 2 is 0.763 bits per heavy atom. The summed E-state index contributed by atoms with van der Waals surface area (Å²) < 4.78 is 7.11. The van der Waals surface area contributed by atoms with Crippen LogP contribution in [0.1, 0.15) is 0 Å². The van der Waals surface area contributed by atoms with Crippen LogP contribution in [-0.2, 0) is 0 Å². The fourth-order valence-electron chi connectivity index (χ4n) is 8.83. The van der Waals surface area contributed by atoms with Crippen molar-refractivity contribution in [2.45, 2.75) is 0 Å². The lowest BCUT2D eigenvalue weighted by Gasteiger charge is -2.12. The van der Waals surface area contributed by atoms with Crippen molar-refractivity contribution in [3.05, 3.63) is 206 Å². The summed E-state index contributed by atoms with van der Waals surface area (Å²) in [5.74, 6) is 1.78. The predicted octanol–water partition coefficient (Wildman–Crippen LogP) is 13.0. The van der Waals surface area contributed by atoms with Crippen molar-refractivity contribution in [1.29, 1.82) is 0 Å². The second-order valence-corrected chi connectivity index (χ2v) is 14.9. The monoisotopic (exact) mass is 754 g/mol. The average Bonchev–Trinajstić information content (AvgIpc) is 3.95. The molecule has 0 N–H and O–H groups in total. The van der Waals surface area contributed by atoms with E-state index in [1.165, 1.54) is 21.9 Å². The zero-order chi connectivity index (χ0) is 38.9. The molecule has 59 heavy (non-hydrogen) atoms. The molecule has 8 aromatic carbocycles. The number of aromatic nitrogens is 6. The second-order valence-electron chi connectivity index (χ2n) is 14.9. The van der Waals surface area contributed by atoms with Gasteiger partial charge in [-0.25, -0.2) is 4.98 Å². The Morgan fingerprint density at radius 3 is 1.39 bits per heavy atom. The maximum absolute atomic E-state index is 5.31. The van der Waals surface area contributed by atoms with Crippen LogP contribution >= 0.6 is 0 Å². The molecule has 0 atom stereocenters. The van der Waals surface area contributed by atoms with Gasteiger partial charge in [-0.05, 0) is 64.4 Å². The molecule has 6 nitrogen and oxygen atoms in total. The highest BCUT2D eigenvalue weighted by Crippen LogP contribution is 2.45. The molecule has 6 heteroatoms. The maximum atomic E-state index is 5.31. The normalized spacial score (nSPS) is 11.7. The van der Waals surface area contributed by atoms with Crippen LogP contribution in [0.15, 0.2) is 206 Å². The molecule has 12 rings (SSSR count). The molecule has 0 spiro atoms. The highest BCUT2D eigenvalue weighted by atomic mass is 15.2. The van der Waals surface area contributed by atoms with Crippen molar-refractivity contribution in [3.8, 4) is 51.2 Å². The summed E-state index contributed by atoms with van der Waals surface area (Å²) in [6.45, 7) is 0. The molecule has 0 radical (unpaired) electrons. The van der Waals surface area contributed by atoms with E-state index >= 15 is 0 Å². The number of fused-ring (bicyclic) bond motifs is 8. The quantitative estimate of drug-likeness (QED) is 0.170. The summed E-state index contributed by atoms with van der Waals surface area (Å²) in [5.41, 5.74) is 12.8. The summed E-state index contributed by atoms with van der Waals surface area (Å²) in [6.07, 6.45) is 0. The maximum Gasteiger partial charge on any atom is 0.238 e. The minimum Gasteiger partial charge on any atom is -0.306 e. The molecule has 0 aliphatic heterocycles. The van der Waals surface area contributed by atoms with E-state index in [0.29, 0.717) is 17.6 Å². The molecule has 4 heterocycles. The number of benzene rings is 8. The molecule has 4 aromatic heterocycles. The van der Waals surface area contributed by atoms with Gasteiger partial charge in [0.1, 0.15) is 5.52 Å². The Morgan fingerprint density at radius 1 is 0.288 bits per heavy atom. The van der Waals surface area contributed by atoms with Crippen LogP contribution in [0.25, 0.3) is 106 Å². The molecule has 276 valence electrons. The van der Waals surface area contributed by atoms with Crippen LogP contribution in [0.5, 0.6) is 0 Å². The lowest BCUT2D eigenvalue weighted by Crippen LogP contribution is -2.06. The fourth-order valence-corrected chi connectivity index (χ4v) is 8.83. The number of rotatable bonds is 6. The zero-order valence-electron chi connectivity index (χ0n) is 31.8. The van der Waals surface area contributed by atoms with Crippen LogP contribution in [0.2, 0.25) is 0 Å². The van der Waals surface area contributed by atoms with Crippen LogP contribution in [0.3, 0.4) is 0 Å². The number of hydrogen-bond donors (Lipinski definition) is 0. The number of hydrogen-bond acceptors (Lipinski definition) is 3. The highest BCUT2D eigenvalue weighted by Gasteiger charge is 2.29. The third-order valence-corrected chi connectivity index (χ3v) is 11.5. The van der Waals surface area contributed by atoms with E-state index in [-0.39, 0.29) is 0 Å². The van der Waals surface area contributed by atoms with Gasteiger partial charge in [-0.2, -0.15) is 9.97 Å². The third kappa shape index (κ3) is 5.24. The summed E-state index contributed by atoms with van der Waals surface area (Å²) in [7, 11) is 0. The van der Waals surface area contributed by atoms with Crippen molar-refractivity contribution >= 4 is 54.6 Å². The number of para-hydroxylation sites is 3. The molecule has 0 aliphatic carbocycles. The van der Waals surface area contributed by atoms with Gasteiger partial charge >= 0.3 is 0 Å². The Hall–Kier alpha value is -8.09. The summed E-state index contributed by atoms with van der Waals surface area (Å²) in [5, 5.41) is 4.72. The zero-order valence-corrected chi connectivity index (χ0v) is 31.8. The first-order chi connectivity index (χ1) is 29.3. The smallest absolute Gasteiger partial charge is 0.238 e. The van der Waals surface area contributed by atoms with Gasteiger partial charge < -0.3 is 9.13 Å². The van der Waals surface area contributed by atoms with Gasteiger partial charge in [-0.3, -0.25) is 4.57 Å². The highest BCUT2D eigenvalue weighted by molar-refractivity contribution is 6.25. The topological polar surface area (TPSA) is 53.5 Å². The van der Waals surface area contributed by atoms with Crippen LogP contribution in [0, 0.1) is 0 Å². The SMILES string of the molecule is c1ccc(-c2nc(-c3ccccc3)nc(-n3c4ccccc4c4c3c3c(c5ccccc5n3-c3ccccc3)n4-c3ccc(-c4ccc5ccccc5c4)cc3)n2)cc1. The molecule has 0 fully saturated rings. The first-order valence-corrected chi connectivity index (χ1v) is 19.9. The van der Waals surface area contributed by atoms with Gasteiger partial charge in [0, 0.05) is 33.3 Å². The molecule has 0 unspecified atom stereocenters. The first kappa shape index (κ1) is 33.1. The van der Waals surface area contributed by atoms with E-state index in [4.69, 9.17) is 15.0 Å². The van der Waals surface area contributed by atoms with E-state index < -0.39 is 0 Å². The summed E-state index contributed by atoms with van der Waals surface area (Å²) in [4.78, 5) is 15.7. The minimum atomic E-state index is 0.555. The molecule has 0 amide bonds. The Bertz CT molecular complexity index is 3470. The van der Waals surface area contributed by atoms with Gasteiger partial charge in [-0.1, -0.05) is 164 Å². The predicted molar refractivity (Wildman–Crippen MR) is 242 cm³/mol. The number of nitrogens with zero attached hydrogens (tertiary/aromatic N) is 6. The third-order valence-electron chi connectivity index (χ3n) is 11.5. The fraction of sp³-hybridized carbons (Fsp3) is 0. The van der Waals surface area contributed by atoms with Crippen LogP contribution in [-0.4, -0.2) is 28.7 Å². The van der Waals surface area contributed by atoms with Crippen molar-refractivity contribution in [1.82, 2.24) is 28.7 Å². The molecule has 0 bridgehead atoms. The summed E-state index contributed by atoms with van der Waals surface area (Å²) in [6, 6.07) is 72.6. The lowest BCUT2D eigenvalue weighted by atomic mass is 10.0. The van der Waals surface area contributed by atoms with E-state index in [2.05, 4.69) is 184 Å².